The molecule has 0 saturated heterocycles. The average Bonchev–Trinajstić information content (AvgIpc) is 2.36. The molecule has 0 radical (unpaired) electrons. The van der Waals surface area contributed by atoms with E-state index >= 15 is 0 Å². The fourth-order valence-electron chi connectivity index (χ4n) is 1.98. The van der Waals surface area contributed by atoms with E-state index in [4.69, 9.17) is 9.47 Å². The van der Waals surface area contributed by atoms with Crippen molar-refractivity contribution in [1.29, 1.82) is 0 Å². The molecule has 1 aromatic rings. The molecule has 0 amide bonds. The van der Waals surface area contributed by atoms with Crippen LogP contribution in [0.15, 0.2) is 12.1 Å². The minimum absolute atomic E-state index is 0.0202. The second-order valence-corrected chi connectivity index (χ2v) is 5.62. The summed E-state index contributed by atoms with van der Waals surface area (Å²) in [6.07, 6.45) is -0.629. The Morgan fingerprint density at radius 1 is 1.21 bits per heavy atom. The van der Waals surface area contributed by atoms with E-state index in [-0.39, 0.29) is 5.41 Å². The fraction of sp³-hybridized carbons (Fsp3) is 0.600. The first-order valence-corrected chi connectivity index (χ1v) is 6.44. The monoisotopic (exact) mass is 267 g/mol. The molecule has 0 aliphatic heterocycles. The Morgan fingerprint density at radius 2 is 1.84 bits per heavy atom. The van der Waals surface area contributed by atoms with Crippen molar-refractivity contribution in [1.82, 2.24) is 5.32 Å². The number of rotatable bonds is 5. The lowest BCUT2D eigenvalue weighted by molar-refractivity contribution is 0.172. The number of hydrogen-bond acceptors (Lipinski definition) is 4. The number of methoxy groups -OCH3 is 2. The molecular formula is C15H25NO3. The Balaban J connectivity index is 3.40. The predicted molar refractivity (Wildman–Crippen MR) is 77.1 cm³/mol. The lowest BCUT2D eigenvalue weighted by Crippen LogP contribution is -2.19. The number of aliphatic hydroxyl groups excluding tert-OH is 1. The highest BCUT2D eigenvalue weighted by Gasteiger charge is 2.23. The third kappa shape index (κ3) is 3.61. The van der Waals surface area contributed by atoms with Crippen LogP contribution in [0, 0.1) is 0 Å². The maximum absolute atomic E-state index is 10.2. The molecule has 1 unspecified atom stereocenters. The van der Waals surface area contributed by atoms with Crippen LogP contribution in [0.4, 0.5) is 0 Å². The van der Waals surface area contributed by atoms with E-state index in [1.165, 1.54) is 0 Å². The van der Waals surface area contributed by atoms with Gasteiger partial charge in [-0.1, -0.05) is 20.8 Å². The van der Waals surface area contributed by atoms with Crippen molar-refractivity contribution < 1.29 is 14.6 Å². The van der Waals surface area contributed by atoms with Crippen molar-refractivity contribution in [3.8, 4) is 11.5 Å². The number of hydrogen-bond donors (Lipinski definition) is 2. The molecule has 0 fully saturated rings. The summed E-state index contributed by atoms with van der Waals surface area (Å²) >= 11 is 0. The molecule has 1 atom stereocenters. The van der Waals surface area contributed by atoms with Crippen LogP contribution in [0.25, 0.3) is 0 Å². The van der Waals surface area contributed by atoms with Crippen LogP contribution in [0.1, 0.15) is 38.0 Å². The molecule has 2 N–H and O–H groups in total. The zero-order valence-electron chi connectivity index (χ0n) is 12.7. The van der Waals surface area contributed by atoms with Crippen LogP contribution in [-0.4, -0.2) is 32.9 Å². The first-order chi connectivity index (χ1) is 8.85. The lowest BCUT2D eigenvalue weighted by Gasteiger charge is -2.24. The summed E-state index contributed by atoms with van der Waals surface area (Å²) in [5.41, 5.74) is 1.84. The zero-order valence-corrected chi connectivity index (χ0v) is 12.7. The van der Waals surface area contributed by atoms with Gasteiger partial charge in [0, 0.05) is 12.1 Å². The van der Waals surface area contributed by atoms with Gasteiger partial charge in [-0.25, -0.2) is 0 Å². The van der Waals surface area contributed by atoms with Gasteiger partial charge in [0.2, 0.25) is 0 Å². The normalized spacial score (nSPS) is 13.2. The number of ether oxygens (including phenoxy) is 2. The van der Waals surface area contributed by atoms with Gasteiger partial charge in [-0.05, 0) is 30.2 Å². The van der Waals surface area contributed by atoms with Gasteiger partial charge >= 0.3 is 0 Å². The van der Waals surface area contributed by atoms with Gasteiger partial charge in [-0.2, -0.15) is 0 Å². The predicted octanol–water partition coefficient (Wildman–Crippen LogP) is 2.25. The first kappa shape index (κ1) is 15.8. The van der Waals surface area contributed by atoms with Gasteiger partial charge in [-0.15, -0.1) is 0 Å². The number of benzene rings is 1. The molecule has 0 bridgehead atoms. The van der Waals surface area contributed by atoms with Crippen LogP contribution >= 0.6 is 0 Å². The minimum atomic E-state index is -0.629. The quantitative estimate of drug-likeness (QED) is 0.859. The Labute approximate surface area is 115 Å². The van der Waals surface area contributed by atoms with Gasteiger partial charge in [0.15, 0.2) is 11.5 Å². The molecule has 1 aromatic carbocycles. The van der Waals surface area contributed by atoms with Crippen molar-refractivity contribution in [2.45, 2.75) is 32.3 Å². The third-order valence-electron chi connectivity index (χ3n) is 3.13. The van der Waals surface area contributed by atoms with Crippen molar-refractivity contribution in [2.75, 3.05) is 27.8 Å². The van der Waals surface area contributed by atoms with Gasteiger partial charge in [-0.3, -0.25) is 0 Å². The van der Waals surface area contributed by atoms with E-state index in [2.05, 4.69) is 26.1 Å². The second kappa shape index (κ2) is 6.26. The summed E-state index contributed by atoms with van der Waals surface area (Å²) in [7, 11) is 5.00. The highest BCUT2D eigenvalue weighted by Crippen LogP contribution is 2.39. The SMILES string of the molecule is CNCC(O)c1cc(C(C)(C)C)cc(OC)c1OC. The summed E-state index contributed by atoms with van der Waals surface area (Å²) < 4.78 is 10.8. The Kier molecular flexibility index (Phi) is 5.20. The summed E-state index contributed by atoms with van der Waals surface area (Å²) in [6, 6.07) is 3.96. The van der Waals surface area contributed by atoms with E-state index in [9.17, 15) is 5.11 Å². The van der Waals surface area contributed by atoms with Crippen LogP contribution in [0.2, 0.25) is 0 Å². The molecule has 0 spiro atoms. The highest BCUT2D eigenvalue weighted by atomic mass is 16.5. The summed E-state index contributed by atoms with van der Waals surface area (Å²) in [6.45, 7) is 6.85. The smallest absolute Gasteiger partial charge is 0.166 e. The molecule has 4 heteroatoms. The van der Waals surface area contributed by atoms with Gasteiger partial charge in [0.1, 0.15) is 0 Å². The topological polar surface area (TPSA) is 50.7 Å². The average molecular weight is 267 g/mol. The van der Waals surface area contributed by atoms with Crippen molar-refractivity contribution >= 4 is 0 Å². The summed E-state index contributed by atoms with van der Waals surface area (Å²) in [4.78, 5) is 0. The standard InChI is InChI=1S/C15H25NO3/c1-15(2,3)10-7-11(12(17)9-16-4)14(19-6)13(8-10)18-5/h7-8,12,16-17H,9H2,1-6H3. The van der Waals surface area contributed by atoms with Crippen molar-refractivity contribution in [3.63, 3.8) is 0 Å². The third-order valence-corrected chi connectivity index (χ3v) is 3.13. The molecule has 19 heavy (non-hydrogen) atoms. The van der Waals surface area contributed by atoms with Crippen LogP contribution in [-0.2, 0) is 5.41 Å². The Hall–Kier alpha value is -1.26. The Bertz CT molecular complexity index is 424. The maximum atomic E-state index is 10.2. The Morgan fingerprint density at radius 3 is 2.26 bits per heavy atom. The molecule has 0 aliphatic carbocycles. The summed E-state index contributed by atoms with van der Waals surface area (Å²) in [5, 5.41) is 13.2. The number of nitrogens with one attached hydrogen (secondary N) is 1. The van der Waals surface area contributed by atoms with E-state index in [1.807, 2.05) is 12.1 Å². The highest BCUT2D eigenvalue weighted by molar-refractivity contribution is 5.52. The lowest BCUT2D eigenvalue weighted by atomic mass is 9.85. The van der Waals surface area contributed by atoms with E-state index < -0.39 is 6.10 Å². The van der Waals surface area contributed by atoms with Crippen molar-refractivity contribution in [3.05, 3.63) is 23.3 Å². The van der Waals surface area contributed by atoms with Gasteiger partial charge in [0.25, 0.3) is 0 Å². The molecule has 0 heterocycles. The fourth-order valence-corrected chi connectivity index (χ4v) is 1.98. The summed E-state index contributed by atoms with van der Waals surface area (Å²) in [5.74, 6) is 1.25. The molecule has 0 aromatic heterocycles. The van der Waals surface area contributed by atoms with Gasteiger partial charge in [0.05, 0.1) is 20.3 Å². The second-order valence-electron chi connectivity index (χ2n) is 5.62. The van der Waals surface area contributed by atoms with Gasteiger partial charge < -0.3 is 19.9 Å². The molecule has 0 aliphatic rings. The van der Waals surface area contributed by atoms with Crippen LogP contribution in [0.3, 0.4) is 0 Å². The van der Waals surface area contributed by atoms with E-state index in [0.29, 0.717) is 18.0 Å². The number of likely N-dealkylation sites (N-methyl/N-ethyl adjacent to an activating group) is 1. The van der Waals surface area contributed by atoms with Crippen LogP contribution < -0.4 is 14.8 Å². The minimum Gasteiger partial charge on any atom is -0.493 e. The van der Waals surface area contributed by atoms with Crippen molar-refractivity contribution in [2.24, 2.45) is 0 Å². The maximum Gasteiger partial charge on any atom is 0.166 e. The largest absolute Gasteiger partial charge is 0.493 e. The molecular weight excluding hydrogens is 242 g/mol. The zero-order chi connectivity index (χ0) is 14.6. The molecule has 108 valence electrons. The number of aliphatic hydroxyl groups is 1. The van der Waals surface area contributed by atoms with E-state index in [0.717, 1.165) is 11.1 Å². The van der Waals surface area contributed by atoms with E-state index in [1.54, 1.807) is 21.3 Å². The molecule has 0 saturated carbocycles. The first-order valence-electron chi connectivity index (χ1n) is 6.44. The van der Waals surface area contributed by atoms with Crippen LogP contribution in [0.5, 0.6) is 11.5 Å². The molecule has 4 nitrogen and oxygen atoms in total. The molecule has 1 rings (SSSR count).